The summed E-state index contributed by atoms with van der Waals surface area (Å²) in [5, 5.41) is -0.590. The summed E-state index contributed by atoms with van der Waals surface area (Å²) in [4.78, 5) is 0. The van der Waals surface area contributed by atoms with E-state index in [0.717, 1.165) is 12.3 Å². The molecule has 0 N–H and O–H groups in total. The van der Waals surface area contributed by atoms with Gasteiger partial charge in [-0.15, -0.1) is 0 Å². The van der Waals surface area contributed by atoms with Gasteiger partial charge in [-0.3, -0.25) is 0 Å². The molecule has 1 aromatic heterocycles. The molecule has 0 aliphatic heterocycles. The molecule has 1 heterocycles. The number of hydrogen-bond donors (Lipinski definition) is 0. The molecule has 0 saturated carbocycles. The Hall–Kier alpha value is 1.06. The van der Waals surface area contributed by atoms with Crippen molar-refractivity contribution in [2.45, 2.75) is 0 Å². The molecule has 0 amide bonds. The van der Waals surface area contributed by atoms with Crippen molar-refractivity contribution in [3.63, 3.8) is 0 Å². The molecule has 56 valence electrons. The first-order valence-corrected chi connectivity index (χ1v) is 2.82. The molecule has 1 nitrogen and oxygen atoms in total. The minimum absolute atomic E-state index is 0. The van der Waals surface area contributed by atoms with Gasteiger partial charge in [-0.25, -0.2) is 0 Å². The summed E-state index contributed by atoms with van der Waals surface area (Å²) in [6.45, 7) is -5.02. The van der Waals surface area contributed by atoms with Gasteiger partial charge in [0.15, 0.2) is 5.22 Å². The second-order valence-electron chi connectivity index (χ2n) is 1.72. The minimum atomic E-state index is -5.02. The van der Waals surface area contributed by atoms with E-state index in [2.05, 4.69) is 4.42 Å². The maximum atomic E-state index is 11.8. The number of furan rings is 1. The Balaban J connectivity index is 0.000001000. The summed E-state index contributed by atoms with van der Waals surface area (Å²) >= 11 is 5.05. The molecule has 0 unspecified atom stereocenters. The fourth-order valence-corrected chi connectivity index (χ4v) is 0.777. The van der Waals surface area contributed by atoms with Crippen molar-refractivity contribution in [2.24, 2.45) is 0 Å². The Morgan fingerprint density at radius 2 is 1.91 bits per heavy atom. The maximum absolute atomic E-state index is 11.8. The second-order valence-corrected chi connectivity index (χ2v) is 2.07. The van der Waals surface area contributed by atoms with Crippen LogP contribution >= 0.6 is 11.6 Å². The molecule has 0 spiro atoms. The molecule has 0 atom stereocenters. The van der Waals surface area contributed by atoms with Gasteiger partial charge in [0, 0.05) is 0 Å². The average Bonchev–Trinajstić information content (AvgIpc) is 2.11. The SMILES string of the molecule is F[B-](F)(F)c1ccoc1Cl.[K+]. The monoisotopic (exact) mass is 208 g/mol. The molecule has 0 aromatic carbocycles. The van der Waals surface area contributed by atoms with Gasteiger partial charge >= 0.3 is 58.4 Å². The van der Waals surface area contributed by atoms with E-state index in [-0.39, 0.29) is 51.4 Å². The zero-order valence-corrected chi connectivity index (χ0v) is 9.53. The first-order chi connectivity index (χ1) is 4.52. The fraction of sp³-hybridized carbons (Fsp3) is 0. The van der Waals surface area contributed by atoms with Crippen LogP contribution < -0.4 is 56.8 Å². The van der Waals surface area contributed by atoms with Crippen LogP contribution in [0.2, 0.25) is 5.22 Å². The van der Waals surface area contributed by atoms with Gasteiger partial charge in [0.25, 0.3) is 0 Å². The molecule has 0 fully saturated rings. The van der Waals surface area contributed by atoms with E-state index in [1.54, 1.807) is 0 Å². The van der Waals surface area contributed by atoms with E-state index in [1.807, 2.05) is 0 Å². The van der Waals surface area contributed by atoms with Gasteiger partial charge in [0.05, 0.1) is 6.26 Å². The number of hydrogen-bond acceptors (Lipinski definition) is 1. The number of halogens is 4. The van der Waals surface area contributed by atoms with E-state index in [1.165, 1.54) is 0 Å². The van der Waals surface area contributed by atoms with E-state index in [0.29, 0.717) is 0 Å². The summed E-state index contributed by atoms with van der Waals surface area (Å²) in [5.74, 6) is 0. The van der Waals surface area contributed by atoms with Crippen molar-refractivity contribution in [1.82, 2.24) is 0 Å². The Labute approximate surface area is 109 Å². The molecule has 7 heteroatoms. The van der Waals surface area contributed by atoms with Crippen molar-refractivity contribution in [3.8, 4) is 0 Å². The standard InChI is InChI=1S/C4H2BClF3O.K/c6-4-3(1-2-10-4)5(7,8)9;/h1-2H;/q-1;+1. The van der Waals surface area contributed by atoms with Crippen LogP contribution in [0.3, 0.4) is 0 Å². The van der Waals surface area contributed by atoms with E-state index in [4.69, 9.17) is 11.6 Å². The fourth-order valence-electron chi connectivity index (χ4n) is 0.538. The molecular formula is C4H2BClF3KO. The summed E-state index contributed by atoms with van der Waals surface area (Å²) in [6.07, 6.45) is 0.910. The van der Waals surface area contributed by atoms with Gasteiger partial charge in [0.1, 0.15) is 0 Å². The van der Waals surface area contributed by atoms with Gasteiger partial charge in [-0.1, -0.05) is 5.46 Å². The maximum Gasteiger partial charge on any atom is 1.00 e. The van der Waals surface area contributed by atoms with Gasteiger partial charge < -0.3 is 17.4 Å². The summed E-state index contributed by atoms with van der Waals surface area (Å²) in [5.41, 5.74) is -0.873. The van der Waals surface area contributed by atoms with Crippen LogP contribution in [0.4, 0.5) is 12.9 Å². The summed E-state index contributed by atoms with van der Waals surface area (Å²) in [6, 6.07) is 0.808. The van der Waals surface area contributed by atoms with Crippen LogP contribution in [-0.2, 0) is 0 Å². The molecule has 0 bridgehead atoms. The molecule has 0 saturated heterocycles. The normalized spacial score (nSPS) is 10.9. The first-order valence-electron chi connectivity index (χ1n) is 2.44. The smallest absolute Gasteiger partial charge is 0.456 e. The van der Waals surface area contributed by atoms with Crippen LogP contribution in [0, 0.1) is 0 Å². The summed E-state index contributed by atoms with van der Waals surface area (Å²) < 4.78 is 39.7. The topological polar surface area (TPSA) is 13.1 Å². The van der Waals surface area contributed by atoms with Crippen molar-refractivity contribution in [2.75, 3.05) is 0 Å². The van der Waals surface area contributed by atoms with Crippen molar-refractivity contribution < 1.29 is 68.7 Å². The zero-order valence-electron chi connectivity index (χ0n) is 5.65. The quantitative estimate of drug-likeness (QED) is 0.539. The van der Waals surface area contributed by atoms with Gasteiger partial charge in [-0.05, 0) is 17.7 Å². The third-order valence-electron chi connectivity index (χ3n) is 0.999. The van der Waals surface area contributed by atoms with Gasteiger partial charge in [-0.2, -0.15) is 0 Å². The first kappa shape index (κ1) is 12.1. The second kappa shape index (κ2) is 4.34. The van der Waals surface area contributed by atoms with Crippen LogP contribution in [-0.4, -0.2) is 6.98 Å². The van der Waals surface area contributed by atoms with Crippen LogP contribution in [0.25, 0.3) is 0 Å². The van der Waals surface area contributed by atoms with Crippen molar-refractivity contribution >= 4 is 24.0 Å². The molecule has 1 aromatic rings. The molecular weight excluding hydrogens is 206 g/mol. The summed E-state index contributed by atoms with van der Waals surface area (Å²) in [7, 11) is 0. The third-order valence-corrected chi connectivity index (χ3v) is 1.31. The predicted octanol–water partition coefficient (Wildman–Crippen LogP) is -1.01. The van der Waals surface area contributed by atoms with Gasteiger partial charge in [0.2, 0.25) is 0 Å². The van der Waals surface area contributed by atoms with E-state index in [9.17, 15) is 12.9 Å². The zero-order chi connectivity index (χ0) is 7.78. The molecule has 0 radical (unpaired) electrons. The van der Waals surface area contributed by atoms with E-state index < -0.39 is 17.7 Å². The van der Waals surface area contributed by atoms with Crippen LogP contribution in [0.5, 0.6) is 0 Å². The Kier molecular flexibility index (Phi) is 4.76. The van der Waals surface area contributed by atoms with Crippen LogP contribution in [0.1, 0.15) is 0 Å². The Morgan fingerprint density at radius 3 is 2.09 bits per heavy atom. The van der Waals surface area contributed by atoms with Crippen molar-refractivity contribution in [3.05, 3.63) is 17.5 Å². The molecule has 0 aliphatic rings. The number of rotatable bonds is 1. The largest absolute Gasteiger partial charge is 1.00 e. The molecule has 11 heavy (non-hydrogen) atoms. The predicted molar refractivity (Wildman–Crippen MR) is 32.4 cm³/mol. The Bertz CT molecular complexity index is 235. The van der Waals surface area contributed by atoms with Crippen molar-refractivity contribution in [1.29, 1.82) is 0 Å². The third kappa shape index (κ3) is 3.12. The minimum Gasteiger partial charge on any atom is -0.456 e. The van der Waals surface area contributed by atoms with Crippen LogP contribution in [0.15, 0.2) is 16.7 Å². The van der Waals surface area contributed by atoms with E-state index >= 15 is 0 Å². The molecule has 1 rings (SSSR count). The Morgan fingerprint density at radius 1 is 1.36 bits per heavy atom. The molecule has 0 aliphatic carbocycles. The average molecular weight is 208 g/mol.